The zero-order valence-corrected chi connectivity index (χ0v) is 11.7. The molecule has 112 valence electrons. The van der Waals surface area contributed by atoms with Crippen molar-refractivity contribution in [3.63, 3.8) is 0 Å². The van der Waals surface area contributed by atoms with E-state index < -0.39 is 12.7 Å². The van der Waals surface area contributed by atoms with Gasteiger partial charge in [0.05, 0.1) is 17.9 Å². The fourth-order valence-corrected chi connectivity index (χ4v) is 2.35. The molecule has 1 aromatic rings. The molecular weight excluding hydrogens is 295 g/mol. The smallest absolute Gasteiger partial charge is 0.394 e. The molecule has 20 heavy (non-hydrogen) atoms. The summed E-state index contributed by atoms with van der Waals surface area (Å²) in [5.74, 6) is 0.495. The van der Waals surface area contributed by atoms with Gasteiger partial charge in [-0.05, 0) is 18.5 Å². The lowest BCUT2D eigenvalue weighted by Gasteiger charge is -2.36. The predicted octanol–water partition coefficient (Wildman–Crippen LogP) is 1.70. The highest BCUT2D eigenvalue weighted by Crippen LogP contribution is 2.26. The van der Waals surface area contributed by atoms with E-state index in [1.54, 1.807) is 6.92 Å². The molecule has 2 heterocycles. The standard InChI is InChI=1S/C11H15ClF3N5/c1-7-8(16)9(18-10(12)17-7)20-4-2-19(3-5-20)6-11(13,14)15/h2-6,16H2,1H3. The van der Waals surface area contributed by atoms with Crippen LogP contribution in [0.15, 0.2) is 0 Å². The number of nitrogens with two attached hydrogens (primary N) is 1. The van der Waals surface area contributed by atoms with Gasteiger partial charge in [-0.3, -0.25) is 4.90 Å². The molecule has 1 saturated heterocycles. The maximum atomic E-state index is 12.3. The van der Waals surface area contributed by atoms with Gasteiger partial charge in [0.25, 0.3) is 0 Å². The Kier molecular flexibility index (Phi) is 4.24. The van der Waals surface area contributed by atoms with Crippen LogP contribution in [-0.2, 0) is 0 Å². The summed E-state index contributed by atoms with van der Waals surface area (Å²) in [5, 5.41) is 0.0874. The molecule has 0 aromatic carbocycles. The van der Waals surface area contributed by atoms with Crippen LogP contribution in [0.4, 0.5) is 24.7 Å². The minimum Gasteiger partial charge on any atom is -0.394 e. The van der Waals surface area contributed by atoms with E-state index >= 15 is 0 Å². The Bertz CT molecular complexity index is 486. The summed E-state index contributed by atoms with van der Waals surface area (Å²) >= 11 is 5.79. The number of rotatable bonds is 2. The Morgan fingerprint density at radius 2 is 1.80 bits per heavy atom. The molecule has 9 heteroatoms. The highest BCUT2D eigenvalue weighted by Gasteiger charge is 2.32. The van der Waals surface area contributed by atoms with Crippen LogP contribution in [0, 0.1) is 6.92 Å². The molecule has 0 unspecified atom stereocenters. The Balaban J connectivity index is 2.04. The lowest BCUT2D eigenvalue weighted by molar-refractivity contribution is -0.146. The molecular formula is C11H15ClF3N5. The van der Waals surface area contributed by atoms with Gasteiger partial charge in [-0.15, -0.1) is 0 Å². The molecule has 0 bridgehead atoms. The summed E-state index contributed by atoms with van der Waals surface area (Å²) in [6.07, 6.45) is -4.17. The van der Waals surface area contributed by atoms with Gasteiger partial charge in [-0.2, -0.15) is 18.2 Å². The molecule has 0 radical (unpaired) electrons. The number of hydrogen-bond acceptors (Lipinski definition) is 5. The SMILES string of the molecule is Cc1nc(Cl)nc(N2CCN(CC(F)(F)F)CC2)c1N. The summed E-state index contributed by atoms with van der Waals surface area (Å²) in [6, 6.07) is 0. The largest absolute Gasteiger partial charge is 0.401 e. The van der Waals surface area contributed by atoms with E-state index in [0.717, 1.165) is 0 Å². The van der Waals surface area contributed by atoms with Gasteiger partial charge in [-0.25, -0.2) is 4.98 Å². The maximum absolute atomic E-state index is 12.3. The Hall–Kier alpha value is -1.28. The van der Waals surface area contributed by atoms with E-state index in [-0.39, 0.29) is 5.28 Å². The van der Waals surface area contributed by atoms with Crippen molar-refractivity contribution in [1.82, 2.24) is 14.9 Å². The minimum atomic E-state index is -4.17. The van der Waals surface area contributed by atoms with Gasteiger partial charge >= 0.3 is 6.18 Å². The van der Waals surface area contributed by atoms with E-state index in [0.29, 0.717) is 43.4 Å². The number of aryl methyl sites for hydroxylation is 1. The van der Waals surface area contributed by atoms with Crippen LogP contribution >= 0.6 is 11.6 Å². The Labute approximate surface area is 119 Å². The van der Waals surface area contributed by atoms with Gasteiger partial charge in [0.1, 0.15) is 0 Å². The molecule has 1 aromatic heterocycles. The van der Waals surface area contributed by atoms with Gasteiger partial charge < -0.3 is 10.6 Å². The minimum absolute atomic E-state index is 0.0874. The molecule has 0 atom stereocenters. The lowest BCUT2D eigenvalue weighted by Crippen LogP contribution is -2.49. The van der Waals surface area contributed by atoms with Crippen molar-refractivity contribution < 1.29 is 13.2 Å². The second kappa shape index (κ2) is 5.61. The van der Waals surface area contributed by atoms with Gasteiger partial charge in [-0.1, -0.05) is 0 Å². The third-order valence-corrected chi connectivity index (χ3v) is 3.33. The van der Waals surface area contributed by atoms with Crippen LogP contribution in [0.25, 0.3) is 0 Å². The monoisotopic (exact) mass is 309 g/mol. The predicted molar refractivity (Wildman–Crippen MR) is 70.9 cm³/mol. The summed E-state index contributed by atoms with van der Waals surface area (Å²) in [7, 11) is 0. The summed E-state index contributed by atoms with van der Waals surface area (Å²) in [6.45, 7) is 2.28. The van der Waals surface area contributed by atoms with E-state index in [2.05, 4.69) is 9.97 Å². The Morgan fingerprint density at radius 1 is 1.20 bits per heavy atom. The lowest BCUT2D eigenvalue weighted by atomic mass is 10.2. The first-order chi connectivity index (χ1) is 9.26. The fourth-order valence-electron chi connectivity index (χ4n) is 2.15. The van der Waals surface area contributed by atoms with Crippen LogP contribution in [0.3, 0.4) is 0 Å². The first-order valence-electron chi connectivity index (χ1n) is 6.10. The zero-order chi connectivity index (χ0) is 14.9. The van der Waals surface area contributed by atoms with Crippen LogP contribution in [0.1, 0.15) is 5.69 Å². The molecule has 1 aliphatic rings. The van der Waals surface area contributed by atoms with Crippen LogP contribution in [-0.4, -0.2) is 53.8 Å². The van der Waals surface area contributed by atoms with Gasteiger partial charge in [0.15, 0.2) is 5.82 Å². The van der Waals surface area contributed by atoms with Crippen LogP contribution in [0.2, 0.25) is 5.28 Å². The molecule has 0 amide bonds. The second-order valence-corrected chi connectivity index (χ2v) is 5.03. The number of piperazine rings is 1. The third-order valence-electron chi connectivity index (χ3n) is 3.16. The van der Waals surface area contributed by atoms with Crippen molar-refractivity contribution in [3.8, 4) is 0 Å². The average Bonchev–Trinajstić information content (AvgIpc) is 2.33. The van der Waals surface area contributed by atoms with E-state index in [4.69, 9.17) is 17.3 Å². The average molecular weight is 310 g/mol. The van der Waals surface area contributed by atoms with Crippen molar-refractivity contribution in [2.45, 2.75) is 13.1 Å². The van der Waals surface area contributed by atoms with E-state index in [1.165, 1.54) is 4.90 Å². The van der Waals surface area contributed by atoms with E-state index in [1.807, 2.05) is 4.90 Å². The molecule has 1 fully saturated rings. The van der Waals surface area contributed by atoms with Crippen molar-refractivity contribution in [2.75, 3.05) is 43.4 Å². The molecule has 0 spiro atoms. The highest BCUT2D eigenvalue weighted by atomic mass is 35.5. The molecule has 0 saturated carbocycles. The fraction of sp³-hybridized carbons (Fsp3) is 0.636. The first-order valence-corrected chi connectivity index (χ1v) is 6.48. The number of hydrogen-bond donors (Lipinski definition) is 1. The third kappa shape index (κ3) is 3.63. The van der Waals surface area contributed by atoms with Crippen molar-refractivity contribution >= 4 is 23.1 Å². The quantitative estimate of drug-likeness (QED) is 0.843. The number of alkyl halides is 3. The number of aromatic nitrogens is 2. The molecule has 0 aliphatic carbocycles. The first kappa shape index (κ1) is 15.1. The van der Waals surface area contributed by atoms with Gasteiger partial charge in [0.2, 0.25) is 5.28 Å². The zero-order valence-electron chi connectivity index (χ0n) is 10.9. The normalized spacial score (nSPS) is 17.6. The summed E-state index contributed by atoms with van der Waals surface area (Å²) in [4.78, 5) is 11.2. The van der Waals surface area contributed by atoms with Crippen LogP contribution < -0.4 is 10.6 Å². The van der Waals surface area contributed by atoms with Gasteiger partial charge in [0, 0.05) is 26.2 Å². The number of anilines is 2. The number of nitrogen functional groups attached to an aromatic ring is 1. The summed E-state index contributed by atoms with van der Waals surface area (Å²) in [5.41, 5.74) is 6.88. The summed E-state index contributed by atoms with van der Waals surface area (Å²) < 4.78 is 37.0. The Morgan fingerprint density at radius 3 is 2.35 bits per heavy atom. The highest BCUT2D eigenvalue weighted by molar-refractivity contribution is 6.28. The van der Waals surface area contributed by atoms with Crippen molar-refractivity contribution in [2.24, 2.45) is 0 Å². The molecule has 2 rings (SSSR count). The second-order valence-electron chi connectivity index (χ2n) is 4.69. The van der Waals surface area contributed by atoms with Crippen molar-refractivity contribution in [1.29, 1.82) is 0 Å². The number of halogens is 4. The topological polar surface area (TPSA) is 58.3 Å². The number of nitrogens with zero attached hydrogens (tertiary/aromatic N) is 4. The van der Waals surface area contributed by atoms with E-state index in [9.17, 15) is 13.2 Å². The molecule has 1 aliphatic heterocycles. The van der Waals surface area contributed by atoms with Crippen molar-refractivity contribution in [3.05, 3.63) is 11.0 Å². The molecule has 5 nitrogen and oxygen atoms in total. The maximum Gasteiger partial charge on any atom is 0.401 e. The molecule has 2 N–H and O–H groups in total. The van der Waals surface area contributed by atoms with Crippen LogP contribution in [0.5, 0.6) is 0 Å².